The van der Waals surface area contributed by atoms with Crippen molar-refractivity contribution in [3.8, 4) is 0 Å². The second kappa shape index (κ2) is 6.06. The molecule has 3 heteroatoms. The average Bonchev–Trinajstić information content (AvgIpc) is 2.49. The van der Waals surface area contributed by atoms with Crippen LogP contribution in [0.2, 0.25) is 0 Å². The Morgan fingerprint density at radius 2 is 2.05 bits per heavy atom. The molecule has 1 aromatic carbocycles. The van der Waals surface area contributed by atoms with E-state index in [9.17, 15) is 0 Å². The molecule has 2 nitrogen and oxygen atoms in total. The molecule has 20 heavy (non-hydrogen) atoms. The van der Waals surface area contributed by atoms with E-state index in [-0.39, 0.29) is 6.04 Å². The van der Waals surface area contributed by atoms with Crippen molar-refractivity contribution >= 4 is 15.9 Å². The van der Waals surface area contributed by atoms with Gasteiger partial charge >= 0.3 is 0 Å². The normalized spacial score (nSPS) is 19.4. The molecule has 0 saturated heterocycles. The number of aryl methyl sites for hydroxylation is 1. The van der Waals surface area contributed by atoms with Gasteiger partial charge < -0.3 is 5.73 Å². The molecule has 0 fully saturated rings. The summed E-state index contributed by atoms with van der Waals surface area (Å²) in [5.74, 6) is 0.392. The Kier molecular flexibility index (Phi) is 4.18. The second-order valence-electron chi connectivity index (χ2n) is 5.54. The number of nitrogens with two attached hydrogens (primary N) is 1. The van der Waals surface area contributed by atoms with Gasteiger partial charge in [-0.3, -0.25) is 4.98 Å². The lowest BCUT2D eigenvalue weighted by Crippen LogP contribution is -2.33. The minimum atomic E-state index is 0.144. The molecular formula is C17H19BrN2. The van der Waals surface area contributed by atoms with Gasteiger partial charge in [0.25, 0.3) is 0 Å². The van der Waals surface area contributed by atoms with Crippen LogP contribution >= 0.6 is 15.9 Å². The first-order chi connectivity index (χ1) is 9.74. The Morgan fingerprint density at radius 3 is 2.85 bits per heavy atom. The molecule has 1 aliphatic carbocycles. The summed E-state index contributed by atoms with van der Waals surface area (Å²) in [7, 11) is 0. The SMILES string of the molecule is NC(Cc1ccc(Br)cc1)C1CCCc2cccnc21. The van der Waals surface area contributed by atoms with E-state index in [1.165, 1.54) is 23.2 Å². The van der Waals surface area contributed by atoms with Crippen LogP contribution in [0.1, 0.15) is 35.6 Å². The lowest BCUT2D eigenvalue weighted by atomic mass is 9.80. The monoisotopic (exact) mass is 330 g/mol. The predicted octanol–water partition coefficient (Wildman–Crippen LogP) is 3.83. The molecule has 1 aromatic heterocycles. The third-order valence-electron chi connectivity index (χ3n) is 4.14. The van der Waals surface area contributed by atoms with Crippen LogP contribution in [0.25, 0.3) is 0 Å². The van der Waals surface area contributed by atoms with E-state index in [2.05, 4.69) is 51.2 Å². The lowest BCUT2D eigenvalue weighted by molar-refractivity contribution is 0.449. The van der Waals surface area contributed by atoms with Gasteiger partial charge in [-0.25, -0.2) is 0 Å². The third kappa shape index (κ3) is 2.94. The first-order valence-electron chi connectivity index (χ1n) is 7.18. The Bertz CT molecular complexity index is 580. The Balaban J connectivity index is 1.78. The van der Waals surface area contributed by atoms with Crippen molar-refractivity contribution in [3.63, 3.8) is 0 Å². The van der Waals surface area contributed by atoms with Crippen molar-refractivity contribution in [1.82, 2.24) is 4.98 Å². The van der Waals surface area contributed by atoms with Crippen molar-refractivity contribution in [2.24, 2.45) is 5.73 Å². The fourth-order valence-corrected chi connectivity index (χ4v) is 3.36. The Labute approximate surface area is 128 Å². The molecule has 3 rings (SSSR count). The molecule has 1 aliphatic rings. The summed E-state index contributed by atoms with van der Waals surface area (Å²) in [6.07, 6.45) is 6.32. The zero-order chi connectivity index (χ0) is 13.9. The topological polar surface area (TPSA) is 38.9 Å². The number of fused-ring (bicyclic) bond motifs is 1. The van der Waals surface area contributed by atoms with Crippen molar-refractivity contribution < 1.29 is 0 Å². The first kappa shape index (κ1) is 13.8. The number of aromatic nitrogens is 1. The molecule has 104 valence electrons. The smallest absolute Gasteiger partial charge is 0.0482 e. The van der Waals surface area contributed by atoms with Crippen LogP contribution in [-0.2, 0) is 12.8 Å². The summed E-state index contributed by atoms with van der Waals surface area (Å²) in [4.78, 5) is 4.59. The number of halogens is 1. The van der Waals surface area contributed by atoms with Gasteiger partial charge in [-0.15, -0.1) is 0 Å². The van der Waals surface area contributed by atoms with Gasteiger partial charge in [0.1, 0.15) is 0 Å². The molecule has 2 aromatic rings. The van der Waals surface area contributed by atoms with E-state index in [0.29, 0.717) is 5.92 Å². The molecule has 2 N–H and O–H groups in total. The van der Waals surface area contributed by atoms with Gasteiger partial charge in [0.15, 0.2) is 0 Å². The van der Waals surface area contributed by atoms with Crippen LogP contribution in [0.4, 0.5) is 0 Å². The van der Waals surface area contributed by atoms with Crippen LogP contribution in [0.5, 0.6) is 0 Å². The van der Waals surface area contributed by atoms with Gasteiger partial charge in [0, 0.05) is 28.3 Å². The molecule has 0 bridgehead atoms. The van der Waals surface area contributed by atoms with Crippen molar-refractivity contribution in [2.45, 2.75) is 37.6 Å². The number of hydrogen-bond acceptors (Lipinski definition) is 2. The highest BCUT2D eigenvalue weighted by Gasteiger charge is 2.26. The lowest BCUT2D eigenvalue weighted by Gasteiger charge is -2.29. The molecule has 1 heterocycles. The molecule has 0 amide bonds. The van der Waals surface area contributed by atoms with Crippen LogP contribution in [0.15, 0.2) is 47.1 Å². The van der Waals surface area contributed by atoms with E-state index < -0.39 is 0 Å². The summed E-state index contributed by atoms with van der Waals surface area (Å²) >= 11 is 3.47. The number of benzene rings is 1. The number of pyridine rings is 1. The van der Waals surface area contributed by atoms with E-state index >= 15 is 0 Å². The highest BCUT2D eigenvalue weighted by Crippen LogP contribution is 2.32. The molecule has 0 spiro atoms. The Hall–Kier alpha value is -1.19. The maximum absolute atomic E-state index is 6.48. The van der Waals surface area contributed by atoms with Crippen LogP contribution in [-0.4, -0.2) is 11.0 Å². The first-order valence-corrected chi connectivity index (χ1v) is 7.97. The highest BCUT2D eigenvalue weighted by atomic mass is 79.9. The van der Waals surface area contributed by atoms with E-state index in [4.69, 9.17) is 5.73 Å². The van der Waals surface area contributed by atoms with Crippen LogP contribution < -0.4 is 5.73 Å². The number of rotatable bonds is 3. The van der Waals surface area contributed by atoms with Gasteiger partial charge in [-0.05, 0) is 55.0 Å². The van der Waals surface area contributed by atoms with Crippen molar-refractivity contribution in [3.05, 3.63) is 63.9 Å². The largest absolute Gasteiger partial charge is 0.327 e. The second-order valence-corrected chi connectivity index (χ2v) is 6.46. The standard InChI is InChI=1S/C17H19BrN2/c18-14-8-6-12(7-9-14)11-16(19)15-5-1-3-13-4-2-10-20-17(13)15/h2,4,6-10,15-16H,1,3,5,11,19H2. The van der Waals surface area contributed by atoms with Gasteiger partial charge in [0.2, 0.25) is 0 Å². The zero-order valence-corrected chi connectivity index (χ0v) is 13.0. The summed E-state index contributed by atoms with van der Waals surface area (Å²) < 4.78 is 1.11. The number of hydrogen-bond donors (Lipinski definition) is 1. The van der Waals surface area contributed by atoms with E-state index in [0.717, 1.165) is 23.7 Å². The van der Waals surface area contributed by atoms with E-state index in [1.54, 1.807) is 0 Å². The fraction of sp³-hybridized carbons (Fsp3) is 0.353. The van der Waals surface area contributed by atoms with Crippen LogP contribution in [0, 0.1) is 0 Å². The molecule has 0 saturated carbocycles. The summed E-state index contributed by atoms with van der Waals surface area (Å²) in [6, 6.07) is 12.8. The van der Waals surface area contributed by atoms with Gasteiger partial charge in [0.05, 0.1) is 0 Å². The summed E-state index contributed by atoms with van der Waals surface area (Å²) in [6.45, 7) is 0. The summed E-state index contributed by atoms with van der Waals surface area (Å²) in [5.41, 5.74) is 10.4. The third-order valence-corrected chi connectivity index (χ3v) is 4.67. The highest BCUT2D eigenvalue weighted by molar-refractivity contribution is 9.10. The molecule has 0 aliphatic heterocycles. The molecule has 2 atom stereocenters. The minimum Gasteiger partial charge on any atom is -0.327 e. The van der Waals surface area contributed by atoms with Gasteiger partial charge in [-0.2, -0.15) is 0 Å². The van der Waals surface area contributed by atoms with Crippen molar-refractivity contribution in [2.75, 3.05) is 0 Å². The molecule has 0 radical (unpaired) electrons. The zero-order valence-electron chi connectivity index (χ0n) is 11.4. The Morgan fingerprint density at radius 1 is 1.25 bits per heavy atom. The number of nitrogens with zero attached hydrogens (tertiary/aromatic N) is 1. The maximum Gasteiger partial charge on any atom is 0.0482 e. The molecule has 2 unspecified atom stereocenters. The maximum atomic E-state index is 6.48. The summed E-state index contributed by atoms with van der Waals surface area (Å²) in [5, 5.41) is 0. The molecular weight excluding hydrogens is 312 g/mol. The van der Waals surface area contributed by atoms with E-state index in [1.807, 2.05) is 12.3 Å². The van der Waals surface area contributed by atoms with Crippen LogP contribution in [0.3, 0.4) is 0 Å². The van der Waals surface area contributed by atoms with Crippen molar-refractivity contribution in [1.29, 1.82) is 0 Å². The minimum absolute atomic E-state index is 0.144. The predicted molar refractivity (Wildman–Crippen MR) is 85.7 cm³/mol. The average molecular weight is 331 g/mol. The fourth-order valence-electron chi connectivity index (χ4n) is 3.10. The quantitative estimate of drug-likeness (QED) is 0.928. The van der Waals surface area contributed by atoms with Gasteiger partial charge in [-0.1, -0.05) is 34.1 Å².